The molecular weight excluding hydrogens is 228 g/mol. The number of halogens is 1. The average Bonchev–Trinajstić information content (AvgIpc) is 2.25. The molecule has 0 spiro atoms. The van der Waals surface area contributed by atoms with Gasteiger partial charge in [0, 0.05) is 12.8 Å². The molecule has 16 heavy (non-hydrogen) atoms. The first kappa shape index (κ1) is 12.7. The van der Waals surface area contributed by atoms with E-state index in [2.05, 4.69) is 0 Å². The van der Waals surface area contributed by atoms with E-state index in [-0.39, 0.29) is 11.2 Å². The summed E-state index contributed by atoms with van der Waals surface area (Å²) in [6.45, 7) is 0. The van der Waals surface area contributed by atoms with Crippen LogP contribution in [0, 0.1) is 0 Å². The summed E-state index contributed by atoms with van der Waals surface area (Å²) in [5.74, 6) is 0.258. The summed E-state index contributed by atoms with van der Waals surface area (Å²) in [4.78, 5) is 21.7. The van der Waals surface area contributed by atoms with Gasteiger partial charge >= 0.3 is 5.97 Å². The second kappa shape index (κ2) is 7.01. The highest BCUT2D eigenvalue weighted by Gasteiger charge is 2.04. The molecule has 0 amide bonds. The van der Waals surface area contributed by atoms with Crippen molar-refractivity contribution in [2.24, 2.45) is 0 Å². The third-order valence-electron chi connectivity index (χ3n) is 1.98. The summed E-state index contributed by atoms with van der Waals surface area (Å²) in [5.41, 5.74) is 0. The molecule has 3 nitrogen and oxygen atoms in total. The minimum atomic E-state index is -0.364. The number of carbonyl (C=O) groups excluding carboxylic acids is 2. The molecule has 4 heteroatoms. The molecule has 86 valence electrons. The van der Waals surface area contributed by atoms with Gasteiger partial charge in [-0.2, -0.15) is 0 Å². The number of esters is 1. The Balaban J connectivity index is 2.19. The van der Waals surface area contributed by atoms with E-state index in [9.17, 15) is 9.59 Å². The lowest BCUT2D eigenvalue weighted by atomic mass is 10.2. The van der Waals surface area contributed by atoms with Gasteiger partial charge < -0.3 is 4.74 Å². The monoisotopic (exact) mass is 240 g/mol. The lowest BCUT2D eigenvalue weighted by Crippen LogP contribution is -2.07. The number of rotatable bonds is 6. The molecule has 0 aromatic heterocycles. The van der Waals surface area contributed by atoms with Crippen LogP contribution in [0.3, 0.4) is 0 Å². The minimum absolute atomic E-state index is 0.284. The van der Waals surface area contributed by atoms with Crippen molar-refractivity contribution in [1.82, 2.24) is 0 Å². The second-order valence-corrected chi connectivity index (χ2v) is 3.77. The Morgan fingerprint density at radius 2 is 1.69 bits per heavy atom. The van der Waals surface area contributed by atoms with Crippen molar-refractivity contribution in [2.45, 2.75) is 25.7 Å². The van der Waals surface area contributed by atoms with Gasteiger partial charge in [-0.15, -0.1) is 0 Å². The number of ether oxygens (including phenoxy) is 1. The lowest BCUT2D eigenvalue weighted by Gasteiger charge is -2.02. The van der Waals surface area contributed by atoms with Gasteiger partial charge in [0.05, 0.1) is 0 Å². The molecule has 1 aromatic carbocycles. The van der Waals surface area contributed by atoms with Crippen LogP contribution < -0.4 is 4.74 Å². The van der Waals surface area contributed by atoms with E-state index in [4.69, 9.17) is 16.3 Å². The van der Waals surface area contributed by atoms with Crippen LogP contribution in [0.2, 0.25) is 0 Å². The van der Waals surface area contributed by atoms with Crippen molar-refractivity contribution < 1.29 is 14.3 Å². The fourth-order valence-electron chi connectivity index (χ4n) is 1.20. The summed E-state index contributed by atoms with van der Waals surface area (Å²) < 4.78 is 5.06. The fourth-order valence-corrected chi connectivity index (χ4v) is 1.34. The third kappa shape index (κ3) is 5.51. The molecule has 0 aliphatic carbocycles. The predicted octanol–water partition coefficient (Wildman–Crippen LogP) is 2.92. The highest BCUT2D eigenvalue weighted by Crippen LogP contribution is 2.10. The van der Waals surface area contributed by atoms with E-state index >= 15 is 0 Å². The zero-order valence-electron chi connectivity index (χ0n) is 8.82. The second-order valence-electron chi connectivity index (χ2n) is 3.35. The quantitative estimate of drug-likeness (QED) is 0.332. The molecule has 0 aliphatic heterocycles. The Labute approximate surface area is 99.4 Å². The Morgan fingerprint density at radius 3 is 2.31 bits per heavy atom. The van der Waals surface area contributed by atoms with Crippen molar-refractivity contribution in [3.63, 3.8) is 0 Å². The van der Waals surface area contributed by atoms with Gasteiger partial charge in [0.1, 0.15) is 5.75 Å². The van der Waals surface area contributed by atoms with E-state index in [1.165, 1.54) is 0 Å². The van der Waals surface area contributed by atoms with Crippen LogP contribution >= 0.6 is 11.6 Å². The van der Waals surface area contributed by atoms with Gasteiger partial charge in [-0.05, 0) is 36.6 Å². The Hall–Kier alpha value is -1.35. The molecule has 1 aromatic rings. The van der Waals surface area contributed by atoms with E-state index in [1.54, 1.807) is 24.3 Å². The van der Waals surface area contributed by atoms with E-state index in [0.29, 0.717) is 31.4 Å². The summed E-state index contributed by atoms with van der Waals surface area (Å²) in [6.07, 6.45) is 1.84. The smallest absolute Gasteiger partial charge is 0.311 e. The summed E-state index contributed by atoms with van der Waals surface area (Å²) in [7, 11) is 0. The van der Waals surface area contributed by atoms with E-state index in [1.807, 2.05) is 6.07 Å². The molecule has 0 fully saturated rings. The third-order valence-corrected chi connectivity index (χ3v) is 2.17. The Bertz CT molecular complexity index is 349. The average molecular weight is 241 g/mol. The Kier molecular flexibility index (Phi) is 5.57. The van der Waals surface area contributed by atoms with Gasteiger partial charge in [-0.25, -0.2) is 0 Å². The van der Waals surface area contributed by atoms with Crippen molar-refractivity contribution >= 4 is 22.8 Å². The standard InChI is InChI=1S/C12H13ClO3/c13-11(14)8-4-5-9-12(15)16-10-6-2-1-3-7-10/h1-3,6-7H,4-5,8-9H2. The topological polar surface area (TPSA) is 43.4 Å². The number of unbranched alkanes of at least 4 members (excludes halogenated alkanes) is 1. The molecule has 0 radical (unpaired) electrons. The van der Waals surface area contributed by atoms with Crippen LogP contribution in [0.15, 0.2) is 30.3 Å². The zero-order chi connectivity index (χ0) is 11.8. The SMILES string of the molecule is O=C(Cl)CCCCC(=O)Oc1ccccc1. The summed E-state index contributed by atoms with van der Waals surface area (Å²) in [6, 6.07) is 8.90. The maximum absolute atomic E-state index is 11.3. The molecule has 0 saturated heterocycles. The van der Waals surface area contributed by atoms with Gasteiger partial charge in [0.2, 0.25) is 5.24 Å². The van der Waals surface area contributed by atoms with E-state index < -0.39 is 0 Å². The van der Waals surface area contributed by atoms with Gasteiger partial charge in [-0.3, -0.25) is 9.59 Å². The molecule has 1 rings (SSSR count). The minimum Gasteiger partial charge on any atom is -0.427 e. The van der Waals surface area contributed by atoms with Crippen LogP contribution in [0.5, 0.6) is 5.75 Å². The van der Waals surface area contributed by atoms with Crippen LogP contribution in [-0.2, 0) is 9.59 Å². The molecule has 0 unspecified atom stereocenters. The van der Waals surface area contributed by atoms with Crippen LogP contribution in [0.25, 0.3) is 0 Å². The first-order valence-corrected chi connectivity index (χ1v) is 5.50. The molecule has 0 saturated carbocycles. The molecule has 0 bridgehead atoms. The number of para-hydroxylation sites is 1. The number of carbonyl (C=O) groups is 2. The molecule has 0 heterocycles. The first-order chi connectivity index (χ1) is 7.68. The Morgan fingerprint density at radius 1 is 1.06 bits per heavy atom. The zero-order valence-corrected chi connectivity index (χ0v) is 9.57. The molecule has 0 N–H and O–H groups in total. The normalized spacial score (nSPS) is 9.81. The van der Waals surface area contributed by atoms with Crippen molar-refractivity contribution in [3.8, 4) is 5.75 Å². The predicted molar refractivity (Wildman–Crippen MR) is 61.4 cm³/mol. The lowest BCUT2D eigenvalue weighted by molar-refractivity contribution is -0.134. The number of hydrogen-bond acceptors (Lipinski definition) is 3. The summed E-state index contributed by atoms with van der Waals surface area (Å²) >= 11 is 5.17. The molecule has 0 aliphatic rings. The van der Waals surface area contributed by atoms with Crippen LogP contribution in [0.1, 0.15) is 25.7 Å². The molecular formula is C12H13ClO3. The van der Waals surface area contributed by atoms with Gasteiger partial charge in [0.15, 0.2) is 0 Å². The highest BCUT2D eigenvalue weighted by atomic mass is 35.5. The summed E-state index contributed by atoms with van der Waals surface area (Å²) in [5, 5.41) is -0.364. The number of benzene rings is 1. The number of hydrogen-bond donors (Lipinski definition) is 0. The maximum Gasteiger partial charge on any atom is 0.311 e. The first-order valence-electron chi connectivity index (χ1n) is 5.12. The maximum atomic E-state index is 11.3. The van der Waals surface area contributed by atoms with Gasteiger partial charge in [-0.1, -0.05) is 18.2 Å². The van der Waals surface area contributed by atoms with Crippen molar-refractivity contribution in [1.29, 1.82) is 0 Å². The molecule has 0 atom stereocenters. The van der Waals surface area contributed by atoms with Crippen LogP contribution in [-0.4, -0.2) is 11.2 Å². The van der Waals surface area contributed by atoms with E-state index in [0.717, 1.165) is 0 Å². The largest absolute Gasteiger partial charge is 0.427 e. The van der Waals surface area contributed by atoms with Gasteiger partial charge in [0.25, 0.3) is 0 Å². The highest BCUT2D eigenvalue weighted by molar-refractivity contribution is 6.63. The fraction of sp³-hybridized carbons (Fsp3) is 0.333. The van der Waals surface area contributed by atoms with Crippen molar-refractivity contribution in [3.05, 3.63) is 30.3 Å². The van der Waals surface area contributed by atoms with Crippen molar-refractivity contribution in [2.75, 3.05) is 0 Å². The van der Waals surface area contributed by atoms with Crippen LogP contribution in [0.4, 0.5) is 0 Å².